The number of nitrogens with one attached hydrogen (secondary N) is 1. The Morgan fingerprint density at radius 1 is 1.32 bits per heavy atom. The average molecular weight is 300 g/mol. The van der Waals surface area contributed by atoms with Gasteiger partial charge in [-0.25, -0.2) is 14.0 Å². The van der Waals surface area contributed by atoms with Crippen molar-refractivity contribution in [2.45, 2.75) is 38.6 Å². The first-order valence-electron chi connectivity index (χ1n) is 7.72. The molecule has 0 saturated heterocycles. The molecule has 22 heavy (non-hydrogen) atoms. The van der Waals surface area contributed by atoms with E-state index >= 15 is 0 Å². The van der Waals surface area contributed by atoms with Crippen LogP contribution in [0.1, 0.15) is 37.9 Å². The lowest BCUT2D eigenvalue weighted by Gasteiger charge is -2.03. The lowest BCUT2D eigenvalue weighted by molar-refractivity contribution is -0.120. The third-order valence-electron chi connectivity index (χ3n) is 3.79. The van der Waals surface area contributed by atoms with Gasteiger partial charge in [-0.15, -0.1) is 0 Å². The maximum atomic E-state index is 12.6. The molecule has 0 aliphatic heterocycles. The molecule has 0 bridgehead atoms. The van der Waals surface area contributed by atoms with E-state index in [1.807, 2.05) is 30.3 Å². The zero-order chi connectivity index (χ0) is 15.5. The molecule has 1 aliphatic carbocycles. The Labute approximate surface area is 128 Å². The van der Waals surface area contributed by atoms with Crippen LogP contribution in [0.2, 0.25) is 0 Å². The van der Waals surface area contributed by atoms with Crippen LogP contribution in [0.3, 0.4) is 0 Å². The van der Waals surface area contributed by atoms with E-state index in [2.05, 4.69) is 10.4 Å². The van der Waals surface area contributed by atoms with Gasteiger partial charge in [-0.2, -0.15) is 5.10 Å². The molecule has 116 valence electrons. The van der Waals surface area contributed by atoms with Crippen LogP contribution in [0.25, 0.3) is 5.69 Å². The molecule has 0 radical (unpaired) electrons. The fourth-order valence-corrected chi connectivity index (χ4v) is 2.42. The van der Waals surface area contributed by atoms with Crippen LogP contribution in [0, 0.1) is 0 Å². The lowest BCUT2D eigenvalue weighted by Crippen LogP contribution is -2.31. The third-order valence-corrected chi connectivity index (χ3v) is 3.79. The van der Waals surface area contributed by atoms with E-state index < -0.39 is 0 Å². The molecule has 0 atom stereocenters. The van der Waals surface area contributed by atoms with E-state index in [4.69, 9.17) is 0 Å². The van der Waals surface area contributed by atoms with Crippen LogP contribution < -0.4 is 11.0 Å². The minimum absolute atomic E-state index is 0.0158. The van der Waals surface area contributed by atoms with Gasteiger partial charge in [-0.3, -0.25) is 4.79 Å². The van der Waals surface area contributed by atoms with Crippen molar-refractivity contribution in [3.05, 3.63) is 46.6 Å². The Hall–Kier alpha value is -2.37. The number of hydrogen-bond donors (Lipinski definition) is 1. The lowest BCUT2D eigenvalue weighted by atomic mass is 10.3. The molecule has 1 saturated carbocycles. The van der Waals surface area contributed by atoms with Crippen molar-refractivity contribution in [2.24, 2.45) is 0 Å². The molecule has 1 aromatic heterocycles. The molecule has 1 aromatic carbocycles. The van der Waals surface area contributed by atoms with Crippen molar-refractivity contribution in [1.29, 1.82) is 0 Å². The molecule has 3 rings (SSSR count). The summed E-state index contributed by atoms with van der Waals surface area (Å²) >= 11 is 0. The van der Waals surface area contributed by atoms with Gasteiger partial charge in [0, 0.05) is 18.9 Å². The zero-order valence-electron chi connectivity index (χ0n) is 12.7. The molecule has 6 nitrogen and oxygen atoms in total. The first-order chi connectivity index (χ1) is 10.7. The van der Waals surface area contributed by atoms with Gasteiger partial charge in [-0.1, -0.05) is 25.1 Å². The molecule has 0 spiro atoms. The van der Waals surface area contributed by atoms with Crippen LogP contribution in [0.4, 0.5) is 0 Å². The summed E-state index contributed by atoms with van der Waals surface area (Å²) < 4.78 is 3.15. The molecule has 2 aromatic rings. The van der Waals surface area contributed by atoms with Gasteiger partial charge in [0.1, 0.15) is 5.82 Å². The second-order valence-corrected chi connectivity index (χ2v) is 5.51. The average Bonchev–Trinajstić information content (AvgIpc) is 3.33. The number of rotatable bonds is 6. The number of benzene rings is 1. The van der Waals surface area contributed by atoms with Crippen molar-refractivity contribution in [2.75, 3.05) is 6.54 Å². The van der Waals surface area contributed by atoms with E-state index in [-0.39, 0.29) is 11.6 Å². The highest BCUT2D eigenvalue weighted by atomic mass is 16.2. The molecule has 1 amide bonds. The zero-order valence-corrected chi connectivity index (χ0v) is 12.7. The molecule has 1 aliphatic rings. The predicted octanol–water partition coefficient (Wildman–Crippen LogP) is 1.44. The summed E-state index contributed by atoms with van der Waals surface area (Å²) in [6.07, 6.45) is 2.60. The topological polar surface area (TPSA) is 68.9 Å². The van der Waals surface area contributed by atoms with Crippen LogP contribution >= 0.6 is 0 Å². The van der Waals surface area contributed by atoms with Gasteiger partial charge in [0.2, 0.25) is 5.91 Å². The number of amides is 1. The van der Waals surface area contributed by atoms with Gasteiger partial charge in [0.25, 0.3) is 0 Å². The number of hydrogen-bond acceptors (Lipinski definition) is 3. The monoisotopic (exact) mass is 300 g/mol. The second-order valence-electron chi connectivity index (χ2n) is 5.51. The molecule has 1 heterocycles. The smallest absolute Gasteiger partial charge is 0.350 e. The maximum Gasteiger partial charge on any atom is 0.350 e. The van der Waals surface area contributed by atoms with Crippen molar-refractivity contribution >= 4 is 5.91 Å². The quantitative estimate of drug-likeness (QED) is 0.877. The Kier molecular flexibility index (Phi) is 4.09. The minimum atomic E-state index is -0.140. The van der Waals surface area contributed by atoms with Crippen molar-refractivity contribution in [3.8, 4) is 5.69 Å². The largest absolute Gasteiger partial charge is 0.354 e. The first kappa shape index (κ1) is 14.6. The number of para-hydroxylation sites is 1. The van der Waals surface area contributed by atoms with Crippen LogP contribution in [0.5, 0.6) is 0 Å². The van der Waals surface area contributed by atoms with Crippen molar-refractivity contribution in [3.63, 3.8) is 0 Å². The third kappa shape index (κ3) is 2.95. The van der Waals surface area contributed by atoms with Gasteiger partial charge in [0.05, 0.1) is 12.2 Å². The standard InChI is InChI=1S/C16H20N4O2/c1-2-14(21)17-10-11-19-16(22)20(13-6-4-3-5-7-13)15(18-19)12-8-9-12/h3-7,12H,2,8-11H2,1H3,(H,17,21). The summed E-state index contributed by atoms with van der Waals surface area (Å²) in [5, 5.41) is 7.26. The summed E-state index contributed by atoms with van der Waals surface area (Å²) in [5.41, 5.74) is 0.706. The maximum absolute atomic E-state index is 12.6. The SMILES string of the molecule is CCC(=O)NCCn1nc(C2CC2)n(-c2ccccc2)c1=O. The van der Waals surface area contributed by atoms with Gasteiger partial charge < -0.3 is 5.32 Å². The predicted molar refractivity (Wildman–Crippen MR) is 83.1 cm³/mol. The normalized spacial score (nSPS) is 14.0. The fourth-order valence-electron chi connectivity index (χ4n) is 2.42. The van der Waals surface area contributed by atoms with E-state index in [9.17, 15) is 9.59 Å². The molecule has 6 heteroatoms. The highest BCUT2D eigenvalue weighted by Crippen LogP contribution is 2.39. The Bertz CT molecular complexity index is 713. The van der Waals surface area contributed by atoms with Gasteiger partial charge >= 0.3 is 5.69 Å². The van der Waals surface area contributed by atoms with E-state index in [1.54, 1.807) is 11.5 Å². The molecule has 0 unspecified atom stereocenters. The summed E-state index contributed by atoms with van der Waals surface area (Å²) in [6.45, 7) is 2.61. The summed E-state index contributed by atoms with van der Waals surface area (Å²) in [4.78, 5) is 23.9. The summed E-state index contributed by atoms with van der Waals surface area (Å²) in [5.74, 6) is 1.19. The minimum Gasteiger partial charge on any atom is -0.354 e. The van der Waals surface area contributed by atoms with E-state index in [0.29, 0.717) is 25.4 Å². The molecule has 1 N–H and O–H groups in total. The van der Waals surface area contributed by atoms with Crippen LogP contribution in [-0.2, 0) is 11.3 Å². The summed E-state index contributed by atoms with van der Waals surface area (Å²) in [6, 6.07) is 9.58. The van der Waals surface area contributed by atoms with Gasteiger partial charge in [0.15, 0.2) is 0 Å². The Balaban J connectivity index is 1.86. The van der Waals surface area contributed by atoms with E-state index in [1.165, 1.54) is 4.68 Å². The summed E-state index contributed by atoms with van der Waals surface area (Å²) in [7, 11) is 0. The molecular formula is C16H20N4O2. The fraction of sp³-hybridized carbons (Fsp3) is 0.438. The Morgan fingerprint density at radius 2 is 2.05 bits per heavy atom. The molecular weight excluding hydrogens is 280 g/mol. The van der Waals surface area contributed by atoms with Crippen molar-refractivity contribution in [1.82, 2.24) is 19.7 Å². The molecule has 1 fully saturated rings. The van der Waals surface area contributed by atoms with Gasteiger partial charge in [-0.05, 0) is 25.0 Å². The van der Waals surface area contributed by atoms with Crippen molar-refractivity contribution < 1.29 is 4.79 Å². The van der Waals surface area contributed by atoms with Crippen LogP contribution in [-0.4, -0.2) is 26.8 Å². The number of carbonyl (C=O) groups excluding carboxylic acids is 1. The highest BCUT2D eigenvalue weighted by molar-refractivity contribution is 5.75. The Morgan fingerprint density at radius 3 is 2.68 bits per heavy atom. The number of carbonyl (C=O) groups is 1. The van der Waals surface area contributed by atoms with E-state index in [0.717, 1.165) is 24.4 Å². The second kappa shape index (κ2) is 6.17. The first-order valence-corrected chi connectivity index (χ1v) is 7.72. The highest BCUT2D eigenvalue weighted by Gasteiger charge is 2.31. The number of nitrogens with zero attached hydrogens (tertiary/aromatic N) is 3. The van der Waals surface area contributed by atoms with Crippen LogP contribution in [0.15, 0.2) is 35.1 Å². The number of aromatic nitrogens is 3.